The second-order valence-corrected chi connectivity index (χ2v) is 20.7. The summed E-state index contributed by atoms with van der Waals surface area (Å²) in [4.78, 5) is 65.5. The first-order valence-corrected chi connectivity index (χ1v) is 25.2. The Bertz CT molecular complexity index is 2760. The third-order valence-corrected chi connectivity index (χ3v) is 14.0. The Kier molecular flexibility index (Phi) is 17.5. The van der Waals surface area contributed by atoms with Crippen LogP contribution in [0, 0.1) is 23.7 Å². The number of thiazole rings is 1. The van der Waals surface area contributed by atoms with Crippen LogP contribution in [0.5, 0.6) is 0 Å². The molecule has 2 aliphatic heterocycles. The number of nitrogens with zero attached hydrogens (tertiary/aromatic N) is 8. The van der Waals surface area contributed by atoms with Crippen molar-refractivity contribution in [1.82, 2.24) is 55.6 Å². The Balaban J connectivity index is 0.793. The summed E-state index contributed by atoms with van der Waals surface area (Å²) in [5.41, 5.74) is 3.80. The number of ether oxygens (including phenoxy) is 1. The van der Waals surface area contributed by atoms with Crippen LogP contribution in [0.25, 0.3) is 21.7 Å². The highest BCUT2D eigenvalue weighted by atomic mass is 32.1. The predicted molar refractivity (Wildman–Crippen MR) is 266 cm³/mol. The number of aliphatic hydroxyl groups excluding tert-OH is 1. The van der Waals surface area contributed by atoms with Gasteiger partial charge in [-0.2, -0.15) is 28.6 Å². The monoisotopic (exact) mass is 1030 g/mol. The molecule has 2 unspecified atom stereocenters. The number of aryl methyl sites for hydroxylation is 1. The Hall–Kier alpha value is -6.51. The molecule has 390 valence electrons. The first-order chi connectivity index (χ1) is 34.7. The Morgan fingerprint density at radius 3 is 2.36 bits per heavy atom. The molecule has 2 aliphatic rings. The maximum atomic E-state index is 14.2. The van der Waals surface area contributed by atoms with Crippen molar-refractivity contribution in [3.8, 4) is 27.8 Å². The SMILES string of the molecule is Cc1ncsc1-c1ccc([C@H](C)NC(=O)[C@@H]2C[C@@H](O)CN2C(=O)C(NC(=O)CN2CCN(CCCOCc3cc(C(=O)NC(C)Cn4ccc(-c5ccc(C#N)c(C(F)(F)F)c5)n4)n[nH]3)CC2)C(C)(C)C)cc1. The van der Waals surface area contributed by atoms with Gasteiger partial charge in [0.25, 0.3) is 5.91 Å². The zero-order valence-corrected chi connectivity index (χ0v) is 42.6. The number of amides is 4. The van der Waals surface area contributed by atoms with Crippen molar-refractivity contribution in [3.05, 3.63) is 100 Å². The average Bonchev–Trinajstić information content (AvgIpc) is 4.18. The van der Waals surface area contributed by atoms with Crippen LogP contribution < -0.4 is 16.0 Å². The molecule has 2 aromatic carbocycles. The average molecular weight is 1030 g/mol. The summed E-state index contributed by atoms with van der Waals surface area (Å²) in [6.45, 7) is 15.8. The van der Waals surface area contributed by atoms with Gasteiger partial charge in [-0.15, -0.1) is 11.3 Å². The molecule has 7 rings (SSSR count). The molecule has 5 aromatic rings. The summed E-state index contributed by atoms with van der Waals surface area (Å²) in [5, 5.41) is 39.9. The topological polar surface area (TPSA) is 227 Å². The third-order valence-electron chi connectivity index (χ3n) is 13.0. The fourth-order valence-electron chi connectivity index (χ4n) is 9.00. The molecule has 4 amide bonds. The van der Waals surface area contributed by atoms with E-state index in [9.17, 15) is 37.5 Å². The number of likely N-dealkylation sites (tertiary alicyclic amines) is 1. The zero-order chi connectivity index (χ0) is 52.6. The first-order valence-electron chi connectivity index (χ1n) is 24.3. The lowest BCUT2D eigenvalue weighted by Crippen LogP contribution is -2.59. The number of nitrogens with one attached hydrogen (secondary N) is 4. The number of aromatic amines is 1. The van der Waals surface area contributed by atoms with E-state index in [1.54, 1.807) is 42.7 Å². The minimum atomic E-state index is -4.69. The lowest BCUT2D eigenvalue weighted by Gasteiger charge is -2.37. The van der Waals surface area contributed by atoms with E-state index in [-0.39, 0.29) is 61.8 Å². The summed E-state index contributed by atoms with van der Waals surface area (Å²) >= 11 is 1.57. The Morgan fingerprint density at radius 2 is 1.68 bits per heavy atom. The molecule has 2 fully saturated rings. The molecule has 5 heterocycles. The number of aromatic nitrogens is 5. The van der Waals surface area contributed by atoms with Crippen LogP contribution in [0.3, 0.4) is 0 Å². The van der Waals surface area contributed by atoms with Gasteiger partial charge in [0.15, 0.2) is 0 Å². The van der Waals surface area contributed by atoms with E-state index in [1.165, 1.54) is 15.6 Å². The standard InChI is InChI=1S/C51H63F3N12O6S/c1-31(26-65-16-14-41(62-65)36-12-13-37(25-55)40(22-36)51(52,53)54)57-47(69)42-23-38(60-61-42)29-72-21-7-15-63-17-19-64(20-18-63)28-44(68)59-46(50(4,5)6)49(71)66-27-39(67)24-43(66)48(70)58-32(2)34-8-10-35(11-9-34)45-33(3)56-30-73-45/h8-14,16,22-23,30-32,39,43,46,67H,7,15,17-21,24,26-29H2,1-6H3,(H,57,69)(H,58,70)(H,59,68)(H,60,61)/t31?,32-,39+,43-,46?/m0/s1. The van der Waals surface area contributed by atoms with Gasteiger partial charge in [0.2, 0.25) is 17.7 Å². The summed E-state index contributed by atoms with van der Waals surface area (Å²) in [6.07, 6.45) is -3.12. The smallest absolute Gasteiger partial charge is 0.391 e. The largest absolute Gasteiger partial charge is 0.417 e. The molecular weight excluding hydrogens is 966 g/mol. The molecule has 18 nitrogen and oxygen atoms in total. The van der Waals surface area contributed by atoms with Gasteiger partial charge in [0, 0.05) is 70.1 Å². The summed E-state index contributed by atoms with van der Waals surface area (Å²) < 4.78 is 47.8. The predicted octanol–water partition coefficient (Wildman–Crippen LogP) is 5.31. The van der Waals surface area contributed by atoms with Crippen LogP contribution >= 0.6 is 11.3 Å². The van der Waals surface area contributed by atoms with Crippen molar-refractivity contribution in [2.24, 2.45) is 5.41 Å². The van der Waals surface area contributed by atoms with Gasteiger partial charge in [-0.1, -0.05) is 51.1 Å². The Morgan fingerprint density at radius 1 is 0.973 bits per heavy atom. The molecule has 5 N–H and O–H groups in total. The first kappa shape index (κ1) is 54.3. The van der Waals surface area contributed by atoms with E-state index >= 15 is 0 Å². The van der Waals surface area contributed by atoms with Crippen LogP contribution in [0.2, 0.25) is 0 Å². The van der Waals surface area contributed by atoms with Gasteiger partial charge in [-0.05, 0) is 68.0 Å². The van der Waals surface area contributed by atoms with Crippen molar-refractivity contribution in [1.29, 1.82) is 5.26 Å². The van der Waals surface area contributed by atoms with E-state index in [4.69, 9.17) is 10.00 Å². The highest BCUT2D eigenvalue weighted by Crippen LogP contribution is 2.35. The second-order valence-electron chi connectivity index (χ2n) is 19.9. The highest BCUT2D eigenvalue weighted by Gasteiger charge is 2.45. The third kappa shape index (κ3) is 14.2. The maximum Gasteiger partial charge on any atom is 0.417 e. The number of hydrogen-bond donors (Lipinski definition) is 5. The molecule has 0 spiro atoms. The molecule has 5 atom stereocenters. The van der Waals surface area contributed by atoms with E-state index in [2.05, 4.69) is 41.1 Å². The summed E-state index contributed by atoms with van der Waals surface area (Å²) in [6, 6.07) is 13.5. The number of benzene rings is 2. The normalized spacial score (nSPS) is 18.0. The second kappa shape index (κ2) is 23.6. The molecule has 0 bridgehead atoms. The van der Waals surface area contributed by atoms with Crippen molar-refractivity contribution in [3.63, 3.8) is 0 Å². The van der Waals surface area contributed by atoms with Crippen LogP contribution in [0.4, 0.5) is 13.2 Å². The summed E-state index contributed by atoms with van der Waals surface area (Å²) in [5.74, 6) is -1.50. The quantitative estimate of drug-likeness (QED) is 0.0664. The van der Waals surface area contributed by atoms with Crippen LogP contribution in [-0.4, -0.2) is 145 Å². The van der Waals surface area contributed by atoms with Crippen LogP contribution in [0.15, 0.2) is 66.3 Å². The molecular formula is C51H63F3N12O6S. The van der Waals surface area contributed by atoms with Crippen molar-refractivity contribution >= 4 is 35.0 Å². The number of hydrogen-bond acceptors (Lipinski definition) is 13. The van der Waals surface area contributed by atoms with E-state index < -0.39 is 58.8 Å². The number of β-amino-alcohol motifs (C(OH)–C–C–N with tert-alkyl or cyclic N) is 1. The van der Waals surface area contributed by atoms with Gasteiger partial charge in [0.05, 0.1) is 76.5 Å². The molecule has 0 radical (unpaired) electrons. The Labute approximate surface area is 426 Å². The molecule has 2 saturated heterocycles. The van der Waals surface area contributed by atoms with Gasteiger partial charge < -0.3 is 35.6 Å². The van der Waals surface area contributed by atoms with Crippen molar-refractivity contribution in [2.45, 2.75) is 104 Å². The minimum Gasteiger partial charge on any atom is -0.391 e. The van der Waals surface area contributed by atoms with E-state index in [0.717, 1.165) is 59.9 Å². The number of alkyl halides is 3. The molecule has 22 heteroatoms. The highest BCUT2D eigenvalue weighted by molar-refractivity contribution is 7.13. The van der Waals surface area contributed by atoms with Gasteiger partial charge in [-0.25, -0.2) is 4.98 Å². The number of carbonyl (C=O) groups is 4. The maximum absolute atomic E-state index is 14.2. The number of rotatable bonds is 19. The van der Waals surface area contributed by atoms with Gasteiger partial charge in [-0.3, -0.25) is 33.9 Å². The lowest BCUT2D eigenvalue weighted by molar-refractivity contribution is -0.144. The molecule has 3 aromatic heterocycles. The number of piperazine rings is 1. The number of nitriles is 1. The van der Waals surface area contributed by atoms with E-state index in [1.807, 2.05) is 69.3 Å². The van der Waals surface area contributed by atoms with E-state index in [0.29, 0.717) is 31.1 Å². The zero-order valence-electron chi connectivity index (χ0n) is 41.8. The molecule has 0 saturated carbocycles. The number of aliphatic hydroxyl groups is 1. The fraction of sp³-hybridized carbons (Fsp3) is 0.490. The van der Waals surface area contributed by atoms with Crippen LogP contribution in [0.1, 0.15) is 92.1 Å². The van der Waals surface area contributed by atoms with Gasteiger partial charge in [0.1, 0.15) is 17.8 Å². The van der Waals surface area contributed by atoms with Crippen LogP contribution in [-0.2, 0) is 38.4 Å². The minimum absolute atomic E-state index is 0.0133. The number of halogens is 3. The number of H-pyrrole nitrogens is 1. The summed E-state index contributed by atoms with van der Waals surface area (Å²) in [7, 11) is 0. The van der Waals surface area contributed by atoms with Gasteiger partial charge >= 0.3 is 6.18 Å². The molecule has 0 aliphatic carbocycles. The van der Waals surface area contributed by atoms with Crippen molar-refractivity contribution in [2.75, 3.05) is 52.4 Å². The lowest BCUT2D eigenvalue weighted by atomic mass is 9.85. The molecule has 73 heavy (non-hydrogen) atoms. The fourth-order valence-corrected chi connectivity index (χ4v) is 9.81. The van der Waals surface area contributed by atoms with Crippen molar-refractivity contribution < 1.29 is 42.2 Å². The number of carbonyl (C=O) groups excluding carboxylic acids is 4.